The second-order valence-electron chi connectivity index (χ2n) is 2.72. The molecule has 86 valence electrons. The lowest BCUT2D eigenvalue weighted by molar-refractivity contribution is -0.159. The van der Waals surface area contributed by atoms with Crippen LogP contribution in [0.25, 0.3) is 0 Å². The maximum Gasteiger partial charge on any atom is 0.330 e. The molecular formula is C8H14N2O5. The number of nitrogens with two attached hydrogens (primary N) is 2. The van der Waals surface area contributed by atoms with Gasteiger partial charge in [0, 0.05) is 6.42 Å². The van der Waals surface area contributed by atoms with Gasteiger partial charge in [-0.1, -0.05) is 0 Å². The van der Waals surface area contributed by atoms with Gasteiger partial charge < -0.3 is 20.9 Å². The van der Waals surface area contributed by atoms with Crippen LogP contribution in [-0.4, -0.2) is 37.6 Å². The second-order valence-corrected chi connectivity index (χ2v) is 2.72. The highest BCUT2D eigenvalue weighted by molar-refractivity contribution is 5.89. The number of rotatable bonds is 5. The van der Waals surface area contributed by atoms with E-state index in [1.165, 1.54) is 7.11 Å². The van der Waals surface area contributed by atoms with Crippen molar-refractivity contribution in [2.24, 2.45) is 11.5 Å². The first-order valence-corrected chi connectivity index (χ1v) is 4.28. The summed E-state index contributed by atoms with van der Waals surface area (Å²) >= 11 is 0. The van der Waals surface area contributed by atoms with Crippen molar-refractivity contribution in [3.8, 4) is 0 Å². The lowest BCUT2D eigenvalue weighted by Crippen LogP contribution is -2.35. The Kier molecular flexibility index (Phi) is 6.23. The standard InChI is InChI=1S/C8H14N2O5/c1-14-6(11)3-2-5(10)8(13)15-7(12)4-9/h5H,2-4,9-10H2,1H3/t5-/m0/s1. The first kappa shape index (κ1) is 13.5. The maximum atomic E-state index is 11.0. The predicted octanol–water partition coefficient (Wildman–Crippen LogP) is -1.70. The Morgan fingerprint density at radius 2 is 1.87 bits per heavy atom. The summed E-state index contributed by atoms with van der Waals surface area (Å²) in [6, 6.07) is -1.03. The molecule has 0 saturated carbocycles. The Labute approximate surface area is 86.7 Å². The zero-order chi connectivity index (χ0) is 11.8. The number of methoxy groups -OCH3 is 1. The summed E-state index contributed by atoms with van der Waals surface area (Å²) in [5.41, 5.74) is 10.3. The first-order valence-electron chi connectivity index (χ1n) is 4.28. The molecule has 0 heterocycles. The molecule has 0 aliphatic carbocycles. The van der Waals surface area contributed by atoms with Crippen LogP contribution in [0.3, 0.4) is 0 Å². The fourth-order valence-corrected chi connectivity index (χ4v) is 0.723. The molecule has 1 atom stereocenters. The third kappa shape index (κ3) is 5.76. The van der Waals surface area contributed by atoms with E-state index in [1.807, 2.05) is 0 Å². The highest BCUT2D eigenvalue weighted by atomic mass is 16.6. The van der Waals surface area contributed by atoms with Gasteiger partial charge in [0.05, 0.1) is 13.7 Å². The summed E-state index contributed by atoms with van der Waals surface area (Å²) in [6.45, 7) is -0.393. The van der Waals surface area contributed by atoms with Crippen LogP contribution < -0.4 is 11.5 Å². The average molecular weight is 218 g/mol. The normalized spacial score (nSPS) is 11.7. The van der Waals surface area contributed by atoms with Gasteiger partial charge in [-0.05, 0) is 6.42 Å². The summed E-state index contributed by atoms with van der Waals surface area (Å²) in [7, 11) is 1.23. The molecule has 0 spiro atoms. The van der Waals surface area contributed by atoms with Crippen LogP contribution in [-0.2, 0) is 23.9 Å². The van der Waals surface area contributed by atoms with E-state index >= 15 is 0 Å². The van der Waals surface area contributed by atoms with E-state index in [4.69, 9.17) is 11.5 Å². The number of ether oxygens (including phenoxy) is 2. The molecule has 0 aliphatic rings. The topological polar surface area (TPSA) is 122 Å². The Morgan fingerprint density at radius 1 is 1.27 bits per heavy atom. The number of carbonyl (C=O) groups excluding carboxylic acids is 3. The van der Waals surface area contributed by atoms with Gasteiger partial charge in [-0.2, -0.15) is 0 Å². The van der Waals surface area contributed by atoms with Crippen molar-refractivity contribution in [3.63, 3.8) is 0 Å². The van der Waals surface area contributed by atoms with Crippen molar-refractivity contribution < 1.29 is 23.9 Å². The van der Waals surface area contributed by atoms with Gasteiger partial charge in [-0.25, -0.2) is 4.79 Å². The van der Waals surface area contributed by atoms with Crippen molar-refractivity contribution in [1.29, 1.82) is 0 Å². The Bertz CT molecular complexity index is 253. The van der Waals surface area contributed by atoms with Crippen molar-refractivity contribution in [1.82, 2.24) is 0 Å². The fourth-order valence-electron chi connectivity index (χ4n) is 0.723. The molecule has 4 N–H and O–H groups in total. The molecule has 7 heteroatoms. The minimum absolute atomic E-state index is 0.0103. The minimum atomic E-state index is -1.03. The molecule has 15 heavy (non-hydrogen) atoms. The molecule has 0 bridgehead atoms. The zero-order valence-corrected chi connectivity index (χ0v) is 8.39. The molecule has 0 aromatic heterocycles. The van der Waals surface area contributed by atoms with Gasteiger partial charge in [0.2, 0.25) is 0 Å². The van der Waals surface area contributed by atoms with Crippen molar-refractivity contribution in [2.45, 2.75) is 18.9 Å². The van der Waals surface area contributed by atoms with E-state index in [0.717, 1.165) is 0 Å². The Balaban J connectivity index is 3.89. The second kappa shape index (κ2) is 6.91. The van der Waals surface area contributed by atoms with Gasteiger partial charge in [0.15, 0.2) is 0 Å². The molecule has 0 fully saturated rings. The number of hydrogen-bond donors (Lipinski definition) is 2. The summed E-state index contributed by atoms with van der Waals surface area (Å²) < 4.78 is 8.60. The summed E-state index contributed by atoms with van der Waals surface area (Å²) in [5, 5.41) is 0. The van der Waals surface area contributed by atoms with E-state index in [0.29, 0.717) is 0 Å². The lowest BCUT2D eigenvalue weighted by Gasteiger charge is -2.08. The van der Waals surface area contributed by atoms with Gasteiger partial charge in [0.1, 0.15) is 6.04 Å². The zero-order valence-electron chi connectivity index (χ0n) is 8.39. The van der Waals surface area contributed by atoms with Crippen LogP contribution in [0.15, 0.2) is 0 Å². The Hall–Kier alpha value is -1.47. The molecular weight excluding hydrogens is 204 g/mol. The first-order chi connectivity index (χ1) is 7.01. The number of carbonyl (C=O) groups is 3. The molecule has 0 aromatic carbocycles. The molecule has 0 unspecified atom stereocenters. The molecule has 0 aromatic rings. The van der Waals surface area contributed by atoms with Crippen LogP contribution >= 0.6 is 0 Å². The fraction of sp³-hybridized carbons (Fsp3) is 0.625. The van der Waals surface area contributed by atoms with E-state index in [2.05, 4.69) is 9.47 Å². The summed E-state index contributed by atoms with van der Waals surface area (Å²) in [6.07, 6.45) is 0.0486. The van der Waals surface area contributed by atoms with Crippen LogP contribution in [0.5, 0.6) is 0 Å². The quantitative estimate of drug-likeness (QED) is 0.416. The average Bonchev–Trinajstić information content (AvgIpc) is 2.24. The minimum Gasteiger partial charge on any atom is -0.469 e. The monoisotopic (exact) mass is 218 g/mol. The number of hydrogen-bond acceptors (Lipinski definition) is 7. The highest BCUT2D eigenvalue weighted by Gasteiger charge is 2.19. The van der Waals surface area contributed by atoms with Gasteiger partial charge in [0.25, 0.3) is 0 Å². The van der Waals surface area contributed by atoms with Crippen LogP contribution in [0.2, 0.25) is 0 Å². The van der Waals surface area contributed by atoms with E-state index < -0.39 is 30.5 Å². The molecule has 0 radical (unpaired) electrons. The summed E-state index contributed by atoms with van der Waals surface area (Å²) in [5.74, 6) is -2.23. The molecule has 0 amide bonds. The molecule has 0 rings (SSSR count). The smallest absolute Gasteiger partial charge is 0.330 e. The molecule has 7 nitrogen and oxygen atoms in total. The van der Waals surface area contributed by atoms with E-state index in [9.17, 15) is 14.4 Å². The van der Waals surface area contributed by atoms with Gasteiger partial charge >= 0.3 is 17.9 Å². The predicted molar refractivity (Wildman–Crippen MR) is 49.4 cm³/mol. The third-order valence-electron chi connectivity index (χ3n) is 1.57. The molecule has 0 aliphatic heterocycles. The van der Waals surface area contributed by atoms with Crippen LogP contribution in [0.1, 0.15) is 12.8 Å². The van der Waals surface area contributed by atoms with Crippen molar-refractivity contribution in [3.05, 3.63) is 0 Å². The van der Waals surface area contributed by atoms with Gasteiger partial charge in [-0.15, -0.1) is 0 Å². The van der Waals surface area contributed by atoms with Crippen LogP contribution in [0.4, 0.5) is 0 Å². The van der Waals surface area contributed by atoms with Crippen LogP contribution in [0, 0.1) is 0 Å². The summed E-state index contributed by atoms with van der Waals surface area (Å²) in [4.78, 5) is 32.3. The maximum absolute atomic E-state index is 11.0. The lowest BCUT2D eigenvalue weighted by atomic mass is 10.2. The van der Waals surface area contributed by atoms with Gasteiger partial charge in [-0.3, -0.25) is 9.59 Å². The van der Waals surface area contributed by atoms with E-state index in [-0.39, 0.29) is 12.8 Å². The van der Waals surface area contributed by atoms with E-state index in [1.54, 1.807) is 0 Å². The largest absolute Gasteiger partial charge is 0.469 e. The van der Waals surface area contributed by atoms with Crippen molar-refractivity contribution in [2.75, 3.05) is 13.7 Å². The number of esters is 3. The SMILES string of the molecule is COC(=O)CC[C@H](N)C(=O)OC(=O)CN. The van der Waals surface area contributed by atoms with Crippen molar-refractivity contribution >= 4 is 17.9 Å². The Morgan fingerprint density at radius 3 is 2.33 bits per heavy atom. The highest BCUT2D eigenvalue weighted by Crippen LogP contribution is 1.98. The molecule has 0 saturated heterocycles. The third-order valence-corrected chi connectivity index (χ3v) is 1.57.